The third-order valence-electron chi connectivity index (χ3n) is 8.46. The van der Waals surface area contributed by atoms with Gasteiger partial charge in [0.25, 0.3) is 0 Å². The van der Waals surface area contributed by atoms with E-state index in [0.717, 1.165) is 43.8 Å². The van der Waals surface area contributed by atoms with Crippen LogP contribution in [0.5, 0.6) is 34.5 Å². The van der Waals surface area contributed by atoms with Gasteiger partial charge in [0.05, 0.1) is 54.9 Å². The second-order valence-corrected chi connectivity index (χ2v) is 11.8. The Morgan fingerprint density at radius 1 is 0.455 bits per heavy atom. The van der Waals surface area contributed by atoms with Crippen LogP contribution in [0.2, 0.25) is 0 Å². The Hall–Kier alpha value is -3.88. The Kier molecular flexibility index (Phi) is 9.76. The van der Waals surface area contributed by atoms with Crippen LogP contribution < -0.4 is 28.4 Å². The molecule has 8 heteroatoms. The fraction of sp³-hybridized carbons (Fsp3) is 0.444. The van der Waals surface area contributed by atoms with Crippen molar-refractivity contribution in [1.82, 2.24) is 0 Å². The van der Waals surface area contributed by atoms with Crippen molar-refractivity contribution in [3.05, 3.63) is 46.5 Å². The van der Waals surface area contributed by atoms with Gasteiger partial charge < -0.3 is 38.6 Å². The zero-order chi connectivity index (χ0) is 32.6. The Morgan fingerprint density at radius 3 is 1.02 bits per heavy atom. The molecule has 0 aliphatic rings. The lowest BCUT2D eigenvalue weighted by molar-refractivity contribution is 0.124. The van der Waals surface area contributed by atoms with Gasteiger partial charge in [0.1, 0.15) is 11.5 Å². The van der Waals surface area contributed by atoms with Gasteiger partial charge in [0.2, 0.25) is 0 Å². The molecule has 238 valence electrons. The van der Waals surface area contributed by atoms with E-state index in [-0.39, 0.29) is 11.8 Å². The summed E-state index contributed by atoms with van der Waals surface area (Å²) in [5.74, 6) is 3.05. The molecule has 4 aromatic rings. The highest BCUT2D eigenvalue weighted by Crippen LogP contribution is 2.53. The van der Waals surface area contributed by atoms with E-state index in [1.165, 1.54) is 0 Å². The zero-order valence-electron chi connectivity index (χ0n) is 28.0. The first-order chi connectivity index (χ1) is 20.9. The average Bonchev–Trinajstić information content (AvgIpc) is 3.00. The van der Waals surface area contributed by atoms with Crippen molar-refractivity contribution in [2.45, 2.75) is 53.8 Å². The molecule has 2 atom stereocenters. The summed E-state index contributed by atoms with van der Waals surface area (Å²) < 4.78 is 35.4. The SMILES string of the molecule is COc1cc2c(OC)c(-c3c(C)cc4c(C(O)C(C)C)c(OC)c(OC)cc4c3OC)c(C)cc2c(C(O)C(C)C)c1OC. The summed E-state index contributed by atoms with van der Waals surface area (Å²) >= 11 is 0. The maximum absolute atomic E-state index is 11.4. The van der Waals surface area contributed by atoms with Crippen LogP contribution in [0, 0.1) is 25.7 Å². The number of benzene rings is 4. The number of hydrogen-bond acceptors (Lipinski definition) is 8. The lowest BCUT2D eigenvalue weighted by Gasteiger charge is -2.27. The van der Waals surface area contributed by atoms with Gasteiger partial charge in [-0.25, -0.2) is 0 Å². The van der Waals surface area contributed by atoms with E-state index in [1.54, 1.807) is 42.7 Å². The normalized spacial score (nSPS) is 13.0. The first kappa shape index (κ1) is 33.0. The standard InChI is InChI=1S/C36H46O8/c1-17(2)31(37)29-21-13-19(5)27(33(41-9)23(21)15-25(39-7)35(29)43-11)28-20(6)14-22-24(34(28)42-10)16-26(40-8)36(44-12)30(22)32(38)18(3)4/h13-18,31-32,37-38H,1-12H3. The number of fused-ring (bicyclic) bond motifs is 2. The molecule has 2 N–H and O–H groups in total. The van der Waals surface area contributed by atoms with E-state index in [0.29, 0.717) is 45.6 Å². The maximum atomic E-state index is 11.4. The Morgan fingerprint density at radius 2 is 0.773 bits per heavy atom. The summed E-state index contributed by atoms with van der Waals surface area (Å²) in [6, 6.07) is 7.89. The van der Waals surface area contributed by atoms with Crippen LogP contribution in [0.4, 0.5) is 0 Å². The van der Waals surface area contributed by atoms with E-state index in [4.69, 9.17) is 28.4 Å². The number of aliphatic hydroxyl groups excluding tert-OH is 2. The molecule has 0 aromatic heterocycles. The molecule has 0 aliphatic heterocycles. The van der Waals surface area contributed by atoms with Crippen LogP contribution in [-0.2, 0) is 0 Å². The van der Waals surface area contributed by atoms with Crippen LogP contribution in [-0.4, -0.2) is 52.9 Å². The highest BCUT2D eigenvalue weighted by Gasteiger charge is 2.30. The maximum Gasteiger partial charge on any atom is 0.167 e. The van der Waals surface area contributed by atoms with Crippen LogP contribution in [0.1, 0.15) is 62.2 Å². The Bertz CT molecular complexity index is 1560. The fourth-order valence-corrected chi connectivity index (χ4v) is 6.26. The minimum absolute atomic E-state index is 0.0737. The molecule has 0 heterocycles. The molecule has 2 unspecified atom stereocenters. The molecule has 0 amide bonds. The molecular weight excluding hydrogens is 560 g/mol. The topological polar surface area (TPSA) is 95.8 Å². The van der Waals surface area contributed by atoms with Crippen LogP contribution >= 0.6 is 0 Å². The van der Waals surface area contributed by atoms with E-state index in [2.05, 4.69) is 12.1 Å². The van der Waals surface area contributed by atoms with Gasteiger partial charge in [0, 0.05) is 33.0 Å². The van der Waals surface area contributed by atoms with Crippen molar-refractivity contribution in [3.63, 3.8) is 0 Å². The monoisotopic (exact) mass is 606 g/mol. The molecule has 0 radical (unpaired) electrons. The largest absolute Gasteiger partial charge is 0.495 e. The molecule has 4 aromatic carbocycles. The van der Waals surface area contributed by atoms with E-state index < -0.39 is 12.2 Å². The van der Waals surface area contributed by atoms with Crippen LogP contribution in [0.15, 0.2) is 24.3 Å². The predicted molar refractivity (Wildman–Crippen MR) is 175 cm³/mol. The molecule has 0 saturated carbocycles. The van der Waals surface area contributed by atoms with Gasteiger partial charge in [-0.3, -0.25) is 0 Å². The molecule has 4 rings (SSSR count). The molecule has 0 saturated heterocycles. The quantitative estimate of drug-likeness (QED) is 0.179. The predicted octanol–water partition coefficient (Wildman–Crippen LogP) is 7.71. The summed E-state index contributed by atoms with van der Waals surface area (Å²) in [7, 11) is 9.60. The molecule has 0 fully saturated rings. The molecular formula is C36H46O8. The second kappa shape index (κ2) is 13.0. The smallest absolute Gasteiger partial charge is 0.167 e. The van der Waals surface area contributed by atoms with Gasteiger partial charge in [0.15, 0.2) is 23.0 Å². The second-order valence-electron chi connectivity index (χ2n) is 11.8. The molecule has 44 heavy (non-hydrogen) atoms. The van der Waals surface area contributed by atoms with Gasteiger partial charge in [-0.15, -0.1) is 0 Å². The van der Waals surface area contributed by atoms with E-state index in [9.17, 15) is 10.2 Å². The number of rotatable bonds is 11. The van der Waals surface area contributed by atoms with Crippen molar-refractivity contribution in [3.8, 4) is 45.6 Å². The minimum atomic E-state index is -0.803. The Balaban J connectivity index is 2.23. The van der Waals surface area contributed by atoms with Crippen LogP contribution in [0.3, 0.4) is 0 Å². The number of aryl methyl sites for hydroxylation is 2. The van der Waals surface area contributed by atoms with Crippen LogP contribution in [0.25, 0.3) is 32.7 Å². The number of hydrogen-bond donors (Lipinski definition) is 2. The highest BCUT2D eigenvalue weighted by atomic mass is 16.5. The summed E-state index contributed by atoms with van der Waals surface area (Å²) in [6.07, 6.45) is -1.61. The van der Waals surface area contributed by atoms with Crippen molar-refractivity contribution < 1.29 is 38.6 Å². The molecule has 0 spiro atoms. The number of ether oxygens (including phenoxy) is 6. The third-order valence-corrected chi connectivity index (χ3v) is 8.46. The Labute approximate surface area is 260 Å². The molecule has 0 aliphatic carbocycles. The lowest BCUT2D eigenvalue weighted by atomic mass is 9.84. The summed E-state index contributed by atoms with van der Waals surface area (Å²) in [6.45, 7) is 11.9. The van der Waals surface area contributed by atoms with Crippen molar-refractivity contribution in [2.75, 3.05) is 42.7 Å². The summed E-state index contributed by atoms with van der Waals surface area (Å²) in [5, 5.41) is 25.9. The van der Waals surface area contributed by atoms with Crippen molar-refractivity contribution in [1.29, 1.82) is 0 Å². The van der Waals surface area contributed by atoms with Gasteiger partial charge >= 0.3 is 0 Å². The summed E-state index contributed by atoms with van der Waals surface area (Å²) in [4.78, 5) is 0. The van der Waals surface area contributed by atoms with Crippen molar-refractivity contribution in [2.24, 2.45) is 11.8 Å². The minimum Gasteiger partial charge on any atom is -0.495 e. The van der Waals surface area contributed by atoms with E-state index >= 15 is 0 Å². The third kappa shape index (κ3) is 5.24. The summed E-state index contributed by atoms with van der Waals surface area (Å²) in [5.41, 5.74) is 4.82. The zero-order valence-corrected chi connectivity index (χ0v) is 28.0. The molecule has 8 nitrogen and oxygen atoms in total. The lowest BCUT2D eigenvalue weighted by Crippen LogP contribution is -2.10. The van der Waals surface area contributed by atoms with Crippen molar-refractivity contribution >= 4 is 21.5 Å². The number of methoxy groups -OCH3 is 6. The number of aliphatic hydroxyl groups is 2. The van der Waals surface area contributed by atoms with E-state index in [1.807, 2.05) is 53.7 Å². The first-order valence-electron chi connectivity index (χ1n) is 14.8. The highest BCUT2D eigenvalue weighted by molar-refractivity contribution is 6.06. The van der Waals surface area contributed by atoms with Gasteiger partial charge in [-0.05, 0) is 59.7 Å². The fourth-order valence-electron chi connectivity index (χ4n) is 6.26. The van der Waals surface area contributed by atoms with Gasteiger partial charge in [-0.2, -0.15) is 0 Å². The molecule has 0 bridgehead atoms. The van der Waals surface area contributed by atoms with Gasteiger partial charge in [-0.1, -0.05) is 39.8 Å². The first-order valence-corrected chi connectivity index (χ1v) is 14.8. The average molecular weight is 607 g/mol.